The van der Waals surface area contributed by atoms with Gasteiger partial charge in [-0.3, -0.25) is 0 Å². The van der Waals surface area contributed by atoms with E-state index < -0.39 is 0 Å². The van der Waals surface area contributed by atoms with Gasteiger partial charge in [0.2, 0.25) is 0 Å². The molecule has 0 rings (SSSR count). The Morgan fingerprint density at radius 2 is 1.83 bits per heavy atom. The van der Waals surface area contributed by atoms with Crippen LogP contribution >= 0.6 is 12.2 Å². The Labute approximate surface area is 51.9 Å². The molecule has 0 aromatic carbocycles. The Morgan fingerprint density at radius 1 is 1.67 bits per heavy atom. The predicted molar refractivity (Wildman–Crippen MR) is 24.1 cm³/mol. The van der Waals surface area contributed by atoms with E-state index in [1.165, 1.54) is 0 Å². The third-order valence-corrected chi connectivity index (χ3v) is 0.260. The number of thiocarbonyl (C=S) groups is 1. The van der Waals surface area contributed by atoms with Crippen molar-refractivity contribution in [2.75, 3.05) is 0 Å². The Morgan fingerprint density at radius 3 is 1.83 bits per heavy atom. The van der Waals surface area contributed by atoms with E-state index in [1.54, 1.807) is 0 Å². The molecule has 5 heteroatoms. The summed E-state index contributed by atoms with van der Waals surface area (Å²) in [4.78, 5) is 0. The zero-order chi connectivity index (χ0) is 4.28. The number of hydrogen-bond donors (Lipinski definition) is 3. The maximum Gasteiger partial charge on any atom is 0.177 e. The van der Waals surface area contributed by atoms with Crippen LogP contribution in [0.15, 0.2) is 0 Å². The normalized spacial score (nSPS) is 5.50. The maximum atomic E-state index is 4.79. The van der Waals surface area contributed by atoms with Crippen molar-refractivity contribution in [3.63, 3.8) is 0 Å². The van der Waals surface area contributed by atoms with Gasteiger partial charge in [-0.1, -0.05) is 0 Å². The molecule has 0 fully saturated rings. The molecule has 0 aromatic rings. The van der Waals surface area contributed by atoms with Crippen LogP contribution in [-0.2, 0) is 17.1 Å². The first-order valence-corrected chi connectivity index (χ1v) is 1.44. The van der Waals surface area contributed by atoms with Gasteiger partial charge in [0.05, 0.1) is 0 Å². The number of hydrazine groups is 1. The topological polar surface area (TPSA) is 64.1 Å². The Hall–Kier alpha value is 0.169. The molecular formula is CH5FeN3S. The third kappa shape index (κ3) is 8.90. The van der Waals surface area contributed by atoms with E-state index >= 15 is 0 Å². The van der Waals surface area contributed by atoms with Gasteiger partial charge >= 0.3 is 0 Å². The molecule has 0 unspecified atom stereocenters. The minimum atomic E-state index is 0. The zero-order valence-corrected chi connectivity index (χ0v) is 4.84. The Balaban J connectivity index is 0. The number of hydrogen-bond acceptors (Lipinski definition) is 2. The molecule has 0 aromatic heterocycles. The Bertz CT molecular complexity index is 46.1. The fourth-order valence-electron chi connectivity index (χ4n) is 0. The summed E-state index contributed by atoms with van der Waals surface area (Å²) in [7, 11) is 0. The van der Waals surface area contributed by atoms with Crippen molar-refractivity contribution in [3.05, 3.63) is 0 Å². The van der Waals surface area contributed by atoms with Gasteiger partial charge in [-0.2, -0.15) is 0 Å². The average molecular weight is 147 g/mol. The van der Waals surface area contributed by atoms with Gasteiger partial charge in [0.25, 0.3) is 0 Å². The average Bonchev–Trinajstić information content (AvgIpc) is 1.38. The summed E-state index contributed by atoms with van der Waals surface area (Å²) in [5.74, 6) is 4.66. The molecule has 5 N–H and O–H groups in total. The van der Waals surface area contributed by atoms with Crippen LogP contribution in [0.5, 0.6) is 0 Å². The fraction of sp³-hybridized carbons (Fsp3) is 0. The van der Waals surface area contributed by atoms with Crippen LogP contribution in [0, 0.1) is 0 Å². The van der Waals surface area contributed by atoms with Crippen LogP contribution in [0.3, 0.4) is 0 Å². The second-order valence-corrected chi connectivity index (χ2v) is 0.948. The first kappa shape index (κ1) is 9.48. The molecule has 0 spiro atoms. The van der Waals surface area contributed by atoms with E-state index in [1.807, 2.05) is 5.43 Å². The molecule has 0 aliphatic rings. The molecule has 6 heavy (non-hydrogen) atoms. The van der Waals surface area contributed by atoms with Gasteiger partial charge < -0.3 is 11.2 Å². The first-order valence-electron chi connectivity index (χ1n) is 1.03. The van der Waals surface area contributed by atoms with Crippen LogP contribution in [0.4, 0.5) is 0 Å². The minimum Gasteiger partial charge on any atom is -0.375 e. The molecule has 0 saturated carbocycles. The van der Waals surface area contributed by atoms with E-state index in [0.717, 1.165) is 0 Å². The molecule has 0 heterocycles. The molecule has 0 aliphatic heterocycles. The summed E-state index contributed by atoms with van der Waals surface area (Å²) in [6, 6.07) is 0. The summed E-state index contributed by atoms with van der Waals surface area (Å²) in [5.41, 5.74) is 6.82. The molecule has 0 aliphatic carbocycles. The van der Waals surface area contributed by atoms with E-state index in [-0.39, 0.29) is 22.2 Å². The summed E-state index contributed by atoms with van der Waals surface area (Å²) < 4.78 is 0. The molecule has 0 radical (unpaired) electrons. The van der Waals surface area contributed by atoms with Crippen molar-refractivity contribution in [1.82, 2.24) is 5.43 Å². The summed E-state index contributed by atoms with van der Waals surface area (Å²) in [5, 5.41) is 0.116. The third-order valence-electron chi connectivity index (χ3n) is 0.142. The number of nitrogens with two attached hydrogens (primary N) is 2. The molecule has 0 bridgehead atoms. The van der Waals surface area contributed by atoms with Crippen LogP contribution in [-0.4, -0.2) is 5.11 Å². The largest absolute Gasteiger partial charge is 0.375 e. The standard InChI is InChI=1S/CH5N3S.Fe/c2-1(5)4-3;/h3H2,(H3,2,4,5);. The van der Waals surface area contributed by atoms with Crippen LogP contribution in [0.2, 0.25) is 0 Å². The van der Waals surface area contributed by atoms with Crippen molar-refractivity contribution in [3.8, 4) is 0 Å². The van der Waals surface area contributed by atoms with Crippen molar-refractivity contribution in [1.29, 1.82) is 0 Å². The second kappa shape index (κ2) is 5.17. The molecule has 3 nitrogen and oxygen atoms in total. The predicted octanol–water partition coefficient (Wildman–Crippen LogP) is -1.31. The van der Waals surface area contributed by atoms with Gasteiger partial charge in [-0.05, 0) is 12.2 Å². The molecular weight excluding hydrogens is 142 g/mol. The monoisotopic (exact) mass is 147 g/mol. The zero-order valence-electron chi connectivity index (χ0n) is 2.92. The van der Waals surface area contributed by atoms with Crippen molar-refractivity contribution >= 4 is 17.3 Å². The summed E-state index contributed by atoms with van der Waals surface area (Å²) >= 11 is 4.24. The second-order valence-electron chi connectivity index (χ2n) is 0.509. The van der Waals surface area contributed by atoms with Crippen molar-refractivity contribution in [2.24, 2.45) is 11.6 Å². The van der Waals surface area contributed by atoms with Crippen LogP contribution < -0.4 is 17.0 Å². The number of nitrogens with one attached hydrogen (secondary N) is 1. The molecule has 38 valence electrons. The molecule has 0 saturated heterocycles. The summed E-state index contributed by atoms with van der Waals surface area (Å²) in [6.07, 6.45) is 0. The van der Waals surface area contributed by atoms with Gasteiger partial charge in [0, 0.05) is 17.1 Å². The van der Waals surface area contributed by atoms with E-state index in [0.29, 0.717) is 0 Å². The van der Waals surface area contributed by atoms with E-state index in [2.05, 4.69) is 18.1 Å². The summed E-state index contributed by atoms with van der Waals surface area (Å²) in [6.45, 7) is 0. The molecule has 0 atom stereocenters. The van der Waals surface area contributed by atoms with Gasteiger partial charge in [0.1, 0.15) is 0 Å². The SMILES string of the molecule is NNC(N)=S.[Fe]. The fourth-order valence-corrected chi connectivity index (χ4v) is 0. The Kier molecular flexibility index (Phi) is 8.17. The van der Waals surface area contributed by atoms with Gasteiger partial charge in [0.15, 0.2) is 5.11 Å². The van der Waals surface area contributed by atoms with Crippen LogP contribution in [0.25, 0.3) is 0 Å². The first-order chi connectivity index (χ1) is 2.27. The van der Waals surface area contributed by atoms with E-state index in [4.69, 9.17) is 5.73 Å². The quantitative estimate of drug-likeness (QED) is 0.172. The van der Waals surface area contributed by atoms with Crippen molar-refractivity contribution in [2.45, 2.75) is 0 Å². The van der Waals surface area contributed by atoms with Gasteiger partial charge in [-0.15, -0.1) is 0 Å². The minimum absolute atomic E-state index is 0. The molecule has 0 amide bonds. The maximum absolute atomic E-state index is 4.79. The van der Waals surface area contributed by atoms with Crippen molar-refractivity contribution < 1.29 is 17.1 Å². The van der Waals surface area contributed by atoms with Gasteiger partial charge in [-0.25, -0.2) is 5.84 Å². The number of rotatable bonds is 0. The van der Waals surface area contributed by atoms with E-state index in [9.17, 15) is 0 Å². The van der Waals surface area contributed by atoms with Crippen LogP contribution in [0.1, 0.15) is 0 Å². The smallest absolute Gasteiger partial charge is 0.177 e.